The lowest BCUT2D eigenvalue weighted by Crippen LogP contribution is -1.94. The Balaban J connectivity index is 1.45. The average Bonchev–Trinajstić information content (AvgIpc) is 2.74. The van der Waals surface area contributed by atoms with E-state index in [2.05, 4.69) is 72.8 Å². The van der Waals surface area contributed by atoms with E-state index in [1.165, 1.54) is 27.8 Å². The molecular formula is C25H20O. The fourth-order valence-electron chi connectivity index (χ4n) is 2.96. The molecule has 0 heterocycles. The minimum atomic E-state index is 0.581. The molecule has 4 aromatic carbocycles. The fourth-order valence-corrected chi connectivity index (χ4v) is 2.96. The number of hydrogen-bond acceptors (Lipinski definition) is 1. The first-order chi connectivity index (χ1) is 12.9. The zero-order valence-corrected chi connectivity index (χ0v) is 14.5. The van der Waals surface area contributed by atoms with E-state index in [-0.39, 0.29) is 0 Å². The van der Waals surface area contributed by atoms with Crippen LogP contribution in [0.5, 0.6) is 5.75 Å². The molecule has 0 aromatic heterocycles. The van der Waals surface area contributed by atoms with Crippen LogP contribution in [0.1, 0.15) is 5.56 Å². The van der Waals surface area contributed by atoms with Crippen LogP contribution in [0.15, 0.2) is 109 Å². The molecule has 0 atom stereocenters. The van der Waals surface area contributed by atoms with Crippen LogP contribution in [0.2, 0.25) is 0 Å². The summed E-state index contributed by atoms with van der Waals surface area (Å²) in [7, 11) is 0. The molecule has 1 nitrogen and oxygen atoms in total. The van der Waals surface area contributed by atoms with Crippen LogP contribution in [0.4, 0.5) is 0 Å². The Morgan fingerprint density at radius 3 is 1.38 bits per heavy atom. The van der Waals surface area contributed by atoms with Gasteiger partial charge in [0.05, 0.1) is 0 Å². The first-order valence-electron chi connectivity index (χ1n) is 8.81. The third-order valence-corrected chi connectivity index (χ3v) is 4.43. The van der Waals surface area contributed by atoms with Gasteiger partial charge >= 0.3 is 0 Å². The summed E-state index contributed by atoms with van der Waals surface area (Å²) in [5, 5.41) is 0. The highest BCUT2D eigenvalue weighted by molar-refractivity contribution is 5.70. The molecule has 0 aliphatic carbocycles. The van der Waals surface area contributed by atoms with E-state index in [1.54, 1.807) is 0 Å². The number of hydrogen-bond donors (Lipinski definition) is 0. The summed E-state index contributed by atoms with van der Waals surface area (Å²) in [6, 6.07) is 37.6. The molecule has 0 aliphatic heterocycles. The van der Waals surface area contributed by atoms with Crippen molar-refractivity contribution < 1.29 is 4.74 Å². The van der Waals surface area contributed by atoms with Crippen molar-refractivity contribution in [3.05, 3.63) is 115 Å². The topological polar surface area (TPSA) is 9.23 Å². The van der Waals surface area contributed by atoms with E-state index in [0.29, 0.717) is 6.61 Å². The second-order valence-electron chi connectivity index (χ2n) is 6.24. The van der Waals surface area contributed by atoms with Crippen molar-refractivity contribution in [2.75, 3.05) is 0 Å². The molecule has 4 rings (SSSR count). The zero-order chi connectivity index (χ0) is 17.6. The van der Waals surface area contributed by atoms with E-state index in [9.17, 15) is 0 Å². The van der Waals surface area contributed by atoms with Crippen molar-refractivity contribution >= 4 is 0 Å². The molecule has 0 N–H and O–H groups in total. The second-order valence-corrected chi connectivity index (χ2v) is 6.24. The van der Waals surface area contributed by atoms with Gasteiger partial charge in [0, 0.05) is 0 Å². The Kier molecular flexibility index (Phi) is 4.79. The average molecular weight is 336 g/mol. The molecule has 1 heteroatoms. The lowest BCUT2D eigenvalue weighted by molar-refractivity contribution is 0.306. The molecule has 26 heavy (non-hydrogen) atoms. The predicted octanol–water partition coefficient (Wildman–Crippen LogP) is 6.60. The first kappa shape index (κ1) is 16.2. The SMILES string of the molecule is c1ccc(OCc2ccc(-c3ccc(-c4ccccc4)cc3)cc2)cc1. The third kappa shape index (κ3) is 3.84. The number of benzene rings is 4. The smallest absolute Gasteiger partial charge is 0.119 e. The maximum atomic E-state index is 5.80. The van der Waals surface area contributed by atoms with Gasteiger partial charge in [-0.15, -0.1) is 0 Å². The standard InChI is InChI=1S/C25H20O/c1-3-7-21(8-4-1)23-15-17-24(18-16-23)22-13-11-20(12-14-22)19-26-25-9-5-2-6-10-25/h1-18H,19H2. The van der Waals surface area contributed by atoms with E-state index < -0.39 is 0 Å². The maximum absolute atomic E-state index is 5.80. The minimum absolute atomic E-state index is 0.581. The minimum Gasteiger partial charge on any atom is -0.489 e. The van der Waals surface area contributed by atoms with E-state index in [4.69, 9.17) is 4.74 Å². The Morgan fingerprint density at radius 1 is 0.423 bits per heavy atom. The fraction of sp³-hybridized carbons (Fsp3) is 0.0400. The number of para-hydroxylation sites is 1. The van der Waals surface area contributed by atoms with Crippen molar-refractivity contribution in [2.45, 2.75) is 6.61 Å². The van der Waals surface area contributed by atoms with Crippen LogP contribution >= 0.6 is 0 Å². The van der Waals surface area contributed by atoms with Crippen molar-refractivity contribution in [1.82, 2.24) is 0 Å². The van der Waals surface area contributed by atoms with Crippen molar-refractivity contribution in [2.24, 2.45) is 0 Å². The van der Waals surface area contributed by atoms with Crippen LogP contribution < -0.4 is 4.74 Å². The largest absolute Gasteiger partial charge is 0.489 e. The molecular weight excluding hydrogens is 316 g/mol. The Bertz CT molecular complexity index is 940. The third-order valence-electron chi connectivity index (χ3n) is 4.43. The lowest BCUT2D eigenvalue weighted by atomic mass is 10.00. The quantitative estimate of drug-likeness (QED) is 0.399. The van der Waals surface area contributed by atoms with E-state index in [1.807, 2.05) is 36.4 Å². The second kappa shape index (κ2) is 7.71. The van der Waals surface area contributed by atoms with Crippen LogP contribution in [0.3, 0.4) is 0 Å². The molecule has 0 bridgehead atoms. The van der Waals surface area contributed by atoms with Gasteiger partial charge in [0.2, 0.25) is 0 Å². The van der Waals surface area contributed by atoms with Crippen molar-refractivity contribution in [1.29, 1.82) is 0 Å². The molecule has 0 fully saturated rings. The molecule has 0 radical (unpaired) electrons. The van der Waals surface area contributed by atoms with Crippen molar-refractivity contribution in [3.63, 3.8) is 0 Å². The van der Waals surface area contributed by atoms with Gasteiger partial charge in [0.15, 0.2) is 0 Å². The summed E-state index contributed by atoms with van der Waals surface area (Å²) in [6.45, 7) is 0.581. The highest BCUT2D eigenvalue weighted by Gasteiger charge is 2.01. The Labute approximate surface area is 154 Å². The molecule has 4 aromatic rings. The summed E-state index contributed by atoms with van der Waals surface area (Å²) in [6.07, 6.45) is 0. The Morgan fingerprint density at radius 2 is 0.846 bits per heavy atom. The molecule has 0 saturated carbocycles. The van der Waals surface area contributed by atoms with Gasteiger partial charge in [-0.05, 0) is 39.9 Å². The van der Waals surface area contributed by atoms with Crippen LogP contribution in [0, 0.1) is 0 Å². The zero-order valence-electron chi connectivity index (χ0n) is 14.5. The summed E-state index contributed by atoms with van der Waals surface area (Å²) >= 11 is 0. The predicted molar refractivity (Wildman–Crippen MR) is 108 cm³/mol. The molecule has 126 valence electrons. The van der Waals surface area contributed by atoms with Gasteiger partial charge < -0.3 is 4.74 Å². The molecule has 0 saturated heterocycles. The number of ether oxygens (including phenoxy) is 1. The van der Waals surface area contributed by atoms with Gasteiger partial charge in [-0.25, -0.2) is 0 Å². The maximum Gasteiger partial charge on any atom is 0.119 e. The molecule has 0 amide bonds. The first-order valence-corrected chi connectivity index (χ1v) is 8.81. The van der Waals surface area contributed by atoms with Crippen LogP contribution in [-0.2, 0) is 6.61 Å². The van der Waals surface area contributed by atoms with Gasteiger partial charge in [0.25, 0.3) is 0 Å². The summed E-state index contributed by atoms with van der Waals surface area (Å²) in [4.78, 5) is 0. The molecule has 0 aliphatic rings. The lowest BCUT2D eigenvalue weighted by Gasteiger charge is -2.08. The van der Waals surface area contributed by atoms with Gasteiger partial charge in [-0.2, -0.15) is 0 Å². The summed E-state index contributed by atoms with van der Waals surface area (Å²) < 4.78 is 5.80. The van der Waals surface area contributed by atoms with Crippen molar-refractivity contribution in [3.8, 4) is 28.0 Å². The van der Waals surface area contributed by atoms with Gasteiger partial charge in [-0.1, -0.05) is 97.1 Å². The summed E-state index contributed by atoms with van der Waals surface area (Å²) in [5.74, 6) is 0.896. The van der Waals surface area contributed by atoms with E-state index >= 15 is 0 Å². The Hall–Kier alpha value is -3.32. The van der Waals surface area contributed by atoms with E-state index in [0.717, 1.165) is 5.75 Å². The highest BCUT2D eigenvalue weighted by atomic mass is 16.5. The molecule has 0 spiro atoms. The molecule has 0 unspecified atom stereocenters. The summed E-state index contributed by atoms with van der Waals surface area (Å²) in [5.41, 5.74) is 6.08. The van der Waals surface area contributed by atoms with Gasteiger partial charge in [-0.3, -0.25) is 0 Å². The number of rotatable bonds is 5. The van der Waals surface area contributed by atoms with Crippen LogP contribution in [-0.4, -0.2) is 0 Å². The monoisotopic (exact) mass is 336 g/mol. The normalized spacial score (nSPS) is 10.5. The van der Waals surface area contributed by atoms with Crippen LogP contribution in [0.25, 0.3) is 22.3 Å². The highest BCUT2D eigenvalue weighted by Crippen LogP contribution is 2.25. The van der Waals surface area contributed by atoms with Gasteiger partial charge in [0.1, 0.15) is 12.4 Å².